The molecule has 7 heteroatoms. The van der Waals surface area contributed by atoms with E-state index in [4.69, 9.17) is 4.74 Å². The molecule has 5 nitrogen and oxygen atoms in total. The standard InChI is InChI=1S/C20H20N2O3S2/c1-11(23)12-7-8-15(25-2)13(9-12)10-26-20-21-18(24)17-14-5-3-4-6-16(14)27-19(17)22-20/h7-9H,3-6,10H2,1-2H3,(H,21,22,24). The molecule has 0 fully saturated rings. The number of ketones is 1. The van der Waals surface area contributed by atoms with E-state index in [1.54, 1.807) is 37.5 Å². The van der Waals surface area contributed by atoms with Gasteiger partial charge >= 0.3 is 0 Å². The molecule has 140 valence electrons. The molecule has 1 N–H and O–H groups in total. The Labute approximate surface area is 165 Å². The van der Waals surface area contributed by atoms with Crippen LogP contribution in [0.15, 0.2) is 28.2 Å². The average Bonchev–Trinajstić information content (AvgIpc) is 3.04. The van der Waals surface area contributed by atoms with Crippen molar-refractivity contribution in [2.45, 2.75) is 43.5 Å². The molecule has 1 aliphatic carbocycles. The highest BCUT2D eigenvalue weighted by Gasteiger charge is 2.20. The number of aromatic amines is 1. The molecule has 1 aromatic carbocycles. The van der Waals surface area contributed by atoms with Crippen LogP contribution in [0, 0.1) is 0 Å². The number of hydrogen-bond acceptors (Lipinski definition) is 6. The van der Waals surface area contributed by atoms with Crippen LogP contribution in [-0.4, -0.2) is 22.9 Å². The summed E-state index contributed by atoms with van der Waals surface area (Å²) in [7, 11) is 1.61. The van der Waals surface area contributed by atoms with Crippen LogP contribution < -0.4 is 10.3 Å². The van der Waals surface area contributed by atoms with Crippen molar-refractivity contribution in [3.05, 3.63) is 50.1 Å². The van der Waals surface area contributed by atoms with Gasteiger partial charge in [-0.2, -0.15) is 0 Å². The molecule has 0 spiro atoms. The highest BCUT2D eigenvalue weighted by Crippen LogP contribution is 2.35. The van der Waals surface area contributed by atoms with E-state index >= 15 is 0 Å². The van der Waals surface area contributed by atoms with Crippen molar-refractivity contribution in [3.63, 3.8) is 0 Å². The Bertz CT molecular complexity index is 1080. The van der Waals surface area contributed by atoms with Crippen molar-refractivity contribution < 1.29 is 9.53 Å². The number of nitrogens with zero attached hydrogens (tertiary/aromatic N) is 1. The van der Waals surface area contributed by atoms with E-state index < -0.39 is 0 Å². The zero-order valence-corrected chi connectivity index (χ0v) is 16.9. The van der Waals surface area contributed by atoms with Crippen LogP contribution in [-0.2, 0) is 18.6 Å². The molecule has 0 atom stereocenters. The highest BCUT2D eigenvalue weighted by atomic mass is 32.2. The SMILES string of the molecule is COc1ccc(C(C)=O)cc1CSc1nc2sc3c(c2c(=O)[nH]1)CCCC3. The summed E-state index contributed by atoms with van der Waals surface area (Å²) in [6, 6.07) is 5.41. The number of hydrogen-bond donors (Lipinski definition) is 1. The maximum Gasteiger partial charge on any atom is 0.260 e. The zero-order chi connectivity index (χ0) is 19.0. The first-order chi connectivity index (χ1) is 13.1. The number of carbonyl (C=O) groups excluding carboxylic acids is 1. The summed E-state index contributed by atoms with van der Waals surface area (Å²) in [5.74, 6) is 1.30. The van der Waals surface area contributed by atoms with E-state index in [-0.39, 0.29) is 11.3 Å². The van der Waals surface area contributed by atoms with Crippen LogP contribution in [0.5, 0.6) is 5.75 Å². The molecular weight excluding hydrogens is 380 g/mol. The van der Waals surface area contributed by atoms with Crippen LogP contribution in [0.25, 0.3) is 10.2 Å². The minimum absolute atomic E-state index is 0.0148. The Balaban J connectivity index is 1.64. The van der Waals surface area contributed by atoms with Gasteiger partial charge in [-0.3, -0.25) is 9.59 Å². The van der Waals surface area contributed by atoms with Gasteiger partial charge in [0.1, 0.15) is 10.6 Å². The predicted molar refractivity (Wildman–Crippen MR) is 109 cm³/mol. The van der Waals surface area contributed by atoms with Crippen molar-refractivity contribution >= 4 is 39.1 Å². The molecule has 3 aromatic rings. The fourth-order valence-corrected chi connectivity index (χ4v) is 5.63. The van der Waals surface area contributed by atoms with Crippen molar-refractivity contribution in [3.8, 4) is 5.75 Å². The van der Waals surface area contributed by atoms with Gasteiger partial charge in [0.25, 0.3) is 5.56 Å². The van der Waals surface area contributed by atoms with Gasteiger partial charge in [-0.1, -0.05) is 11.8 Å². The lowest BCUT2D eigenvalue weighted by molar-refractivity contribution is 0.101. The molecule has 0 aliphatic heterocycles. The minimum atomic E-state index is -0.0497. The quantitative estimate of drug-likeness (QED) is 0.391. The maximum atomic E-state index is 12.6. The first-order valence-corrected chi connectivity index (χ1v) is 10.7. The summed E-state index contributed by atoms with van der Waals surface area (Å²) in [6.07, 6.45) is 4.35. The van der Waals surface area contributed by atoms with Gasteiger partial charge in [-0.25, -0.2) is 4.98 Å². The molecule has 1 aliphatic rings. The number of aromatic nitrogens is 2. The average molecular weight is 401 g/mol. The number of Topliss-reactive ketones (excluding diaryl/α,β-unsaturated/α-hetero) is 1. The third-order valence-corrected chi connectivity index (χ3v) is 6.96. The van der Waals surface area contributed by atoms with Crippen molar-refractivity contribution in [2.75, 3.05) is 7.11 Å². The lowest BCUT2D eigenvalue weighted by Crippen LogP contribution is -2.11. The Kier molecular flexibility index (Phi) is 5.06. The molecule has 0 bridgehead atoms. The van der Waals surface area contributed by atoms with E-state index in [1.165, 1.54) is 28.6 Å². The first-order valence-electron chi connectivity index (χ1n) is 8.92. The molecule has 0 radical (unpaired) electrons. The molecule has 0 saturated heterocycles. The number of H-pyrrole nitrogens is 1. The summed E-state index contributed by atoms with van der Waals surface area (Å²) in [5, 5.41) is 1.37. The van der Waals surface area contributed by atoms with Gasteiger partial charge in [0.2, 0.25) is 0 Å². The topological polar surface area (TPSA) is 72.0 Å². The number of aryl methyl sites for hydroxylation is 2. The highest BCUT2D eigenvalue weighted by molar-refractivity contribution is 7.98. The van der Waals surface area contributed by atoms with E-state index in [0.717, 1.165) is 40.8 Å². The smallest absolute Gasteiger partial charge is 0.260 e. The van der Waals surface area contributed by atoms with Gasteiger partial charge in [0, 0.05) is 21.8 Å². The summed E-state index contributed by atoms with van der Waals surface area (Å²) >= 11 is 3.10. The number of rotatable bonds is 5. The number of benzene rings is 1. The molecule has 2 heterocycles. The number of carbonyl (C=O) groups is 1. The van der Waals surface area contributed by atoms with Crippen molar-refractivity contribution in [1.82, 2.24) is 9.97 Å². The molecule has 2 aromatic heterocycles. The number of thioether (sulfide) groups is 1. The Morgan fingerprint density at radius 3 is 2.93 bits per heavy atom. The van der Waals surface area contributed by atoms with Gasteiger partial charge in [0.05, 0.1) is 12.5 Å². The second-order valence-corrected chi connectivity index (χ2v) is 8.68. The van der Waals surface area contributed by atoms with E-state index in [2.05, 4.69) is 9.97 Å². The summed E-state index contributed by atoms with van der Waals surface area (Å²) < 4.78 is 5.40. The van der Waals surface area contributed by atoms with Crippen molar-refractivity contribution in [2.24, 2.45) is 0 Å². The number of methoxy groups -OCH3 is 1. The second-order valence-electron chi connectivity index (χ2n) is 6.63. The predicted octanol–water partition coefficient (Wildman–Crippen LogP) is 4.37. The zero-order valence-electron chi connectivity index (χ0n) is 15.3. The van der Waals surface area contributed by atoms with Crippen LogP contribution in [0.1, 0.15) is 46.1 Å². The molecule has 27 heavy (non-hydrogen) atoms. The lowest BCUT2D eigenvalue weighted by Gasteiger charge is -2.10. The monoisotopic (exact) mass is 400 g/mol. The number of thiophene rings is 1. The van der Waals surface area contributed by atoms with E-state index in [1.807, 2.05) is 6.07 Å². The first kappa shape index (κ1) is 18.3. The number of ether oxygens (including phenoxy) is 1. The van der Waals surface area contributed by atoms with E-state index in [9.17, 15) is 9.59 Å². The second kappa shape index (κ2) is 7.48. The fourth-order valence-electron chi connectivity index (χ4n) is 3.47. The third kappa shape index (κ3) is 3.53. The molecule has 0 unspecified atom stereocenters. The molecular formula is C20H20N2O3S2. The molecule has 0 saturated carbocycles. The Morgan fingerprint density at radius 2 is 2.15 bits per heavy atom. The summed E-state index contributed by atoms with van der Waals surface area (Å²) in [5.41, 5.74) is 2.70. The summed E-state index contributed by atoms with van der Waals surface area (Å²) in [4.78, 5) is 34.0. The molecule has 0 amide bonds. The number of fused-ring (bicyclic) bond motifs is 3. The number of nitrogens with one attached hydrogen (secondary N) is 1. The lowest BCUT2D eigenvalue weighted by atomic mass is 9.97. The summed E-state index contributed by atoms with van der Waals surface area (Å²) in [6.45, 7) is 1.55. The van der Waals surface area contributed by atoms with Gasteiger partial charge in [-0.15, -0.1) is 11.3 Å². The fraction of sp³-hybridized carbons (Fsp3) is 0.350. The van der Waals surface area contributed by atoms with Gasteiger partial charge in [0.15, 0.2) is 10.9 Å². The largest absolute Gasteiger partial charge is 0.496 e. The minimum Gasteiger partial charge on any atom is -0.496 e. The Morgan fingerprint density at radius 1 is 1.33 bits per heavy atom. The van der Waals surface area contributed by atoms with Crippen molar-refractivity contribution in [1.29, 1.82) is 0 Å². The van der Waals surface area contributed by atoms with Gasteiger partial charge < -0.3 is 9.72 Å². The maximum absolute atomic E-state index is 12.6. The van der Waals surface area contributed by atoms with Crippen LogP contribution in [0.4, 0.5) is 0 Å². The molecule has 4 rings (SSSR count). The van der Waals surface area contributed by atoms with Crippen LogP contribution >= 0.6 is 23.1 Å². The van der Waals surface area contributed by atoms with Gasteiger partial charge in [-0.05, 0) is 56.4 Å². The normalized spacial score (nSPS) is 13.6. The Hall–Kier alpha value is -2.12. The van der Waals surface area contributed by atoms with Crippen LogP contribution in [0.3, 0.4) is 0 Å². The van der Waals surface area contributed by atoms with E-state index in [0.29, 0.717) is 16.5 Å². The third-order valence-electron chi connectivity index (χ3n) is 4.85. The van der Waals surface area contributed by atoms with Crippen LogP contribution in [0.2, 0.25) is 0 Å².